The molecule has 2 amide bonds. The van der Waals surface area contributed by atoms with Crippen LogP contribution in [-0.2, 0) is 33.9 Å². The third-order valence-corrected chi connectivity index (χ3v) is 7.18. The first kappa shape index (κ1) is 27.3. The van der Waals surface area contributed by atoms with Gasteiger partial charge in [-0.05, 0) is 69.0 Å². The monoisotopic (exact) mass is 529 g/mol. The van der Waals surface area contributed by atoms with Gasteiger partial charge in [-0.15, -0.1) is 11.3 Å². The van der Waals surface area contributed by atoms with Gasteiger partial charge in [-0.25, -0.2) is 18.2 Å². The van der Waals surface area contributed by atoms with Gasteiger partial charge in [0.25, 0.3) is 0 Å². The molecule has 2 aromatic carbocycles. The first-order valence-electron chi connectivity index (χ1n) is 11.4. The van der Waals surface area contributed by atoms with E-state index in [2.05, 4.69) is 15.6 Å². The maximum atomic E-state index is 12.0. The van der Waals surface area contributed by atoms with Gasteiger partial charge in [-0.2, -0.15) is 0 Å². The highest BCUT2D eigenvalue weighted by Gasteiger charge is 2.16. The summed E-state index contributed by atoms with van der Waals surface area (Å²) in [6.07, 6.45) is 2.61. The van der Waals surface area contributed by atoms with Crippen LogP contribution in [-0.4, -0.2) is 37.2 Å². The molecule has 0 radical (unpaired) electrons. The van der Waals surface area contributed by atoms with E-state index in [0.29, 0.717) is 30.1 Å². The van der Waals surface area contributed by atoms with Crippen LogP contribution in [0.3, 0.4) is 0 Å². The van der Waals surface area contributed by atoms with Crippen molar-refractivity contribution in [2.24, 2.45) is 0 Å². The van der Waals surface area contributed by atoms with Gasteiger partial charge < -0.3 is 15.4 Å². The number of aryl methyl sites for hydroxylation is 2. The number of amides is 2. The Labute approximate surface area is 216 Å². The Bertz CT molecular complexity index is 1320. The Morgan fingerprint density at radius 1 is 0.972 bits per heavy atom. The van der Waals surface area contributed by atoms with Crippen molar-refractivity contribution in [1.82, 2.24) is 10.3 Å². The summed E-state index contributed by atoms with van der Waals surface area (Å²) in [5, 5.41) is 6.04. The van der Waals surface area contributed by atoms with Crippen LogP contribution < -0.4 is 15.4 Å². The average molecular weight is 530 g/mol. The maximum absolute atomic E-state index is 12.0. The van der Waals surface area contributed by atoms with Crippen molar-refractivity contribution < 1.29 is 22.7 Å². The zero-order valence-corrected chi connectivity index (χ0v) is 22.7. The molecule has 0 aliphatic heterocycles. The summed E-state index contributed by atoms with van der Waals surface area (Å²) in [6.45, 7) is 7.08. The molecule has 0 fully saturated rings. The van der Waals surface area contributed by atoms with Gasteiger partial charge in [-0.3, -0.25) is 4.79 Å². The number of nitrogens with one attached hydrogen (secondary N) is 2. The lowest BCUT2D eigenvalue weighted by molar-refractivity contribution is -0.114. The maximum Gasteiger partial charge on any atom is 0.413 e. The van der Waals surface area contributed by atoms with Gasteiger partial charge in [0.05, 0.1) is 10.6 Å². The molecule has 36 heavy (non-hydrogen) atoms. The molecular formula is C26H31N3O5S2. The number of ether oxygens (including phenoxy) is 1. The normalized spacial score (nSPS) is 11.7. The SMILES string of the molecule is CC(=O)Nc1nc(CCc2ccc(OC(=O)NC(C)(C)C)cc2)c(Cc2ccc(S(C)(=O)=O)cc2)s1. The van der Waals surface area contributed by atoms with Gasteiger partial charge in [0.15, 0.2) is 15.0 Å². The second kappa shape index (κ2) is 11.2. The number of sulfone groups is 1. The molecule has 0 aliphatic carbocycles. The topological polar surface area (TPSA) is 114 Å². The van der Waals surface area contributed by atoms with E-state index in [0.717, 1.165) is 21.7 Å². The highest BCUT2D eigenvalue weighted by atomic mass is 32.2. The van der Waals surface area contributed by atoms with Crippen molar-refractivity contribution >= 4 is 38.3 Å². The number of hydrogen-bond acceptors (Lipinski definition) is 7. The van der Waals surface area contributed by atoms with Crippen LogP contribution in [0.15, 0.2) is 53.4 Å². The third kappa shape index (κ3) is 8.46. The van der Waals surface area contributed by atoms with Crippen molar-refractivity contribution in [3.05, 3.63) is 70.2 Å². The van der Waals surface area contributed by atoms with Crippen LogP contribution in [0.2, 0.25) is 0 Å². The number of hydrogen-bond donors (Lipinski definition) is 2. The number of benzene rings is 2. The fourth-order valence-corrected chi connectivity index (χ4v) is 5.11. The lowest BCUT2D eigenvalue weighted by Crippen LogP contribution is -2.42. The predicted molar refractivity (Wildman–Crippen MR) is 142 cm³/mol. The van der Waals surface area contributed by atoms with Crippen LogP contribution in [0.4, 0.5) is 9.93 Å². The molecule has 3 rings (SSSR count). The number of carbonyl (C=O) groups excluding carboxylic acids is 2. The van der Waals surface area contributed by atoms with Gasteiger partial charge in [0.2, 0.25) is 5.91 Å². The first-order valence-corrected chi connectivity index (χ1v) is 14.1. The molecule has 0 bridgehead atoms. The Balaban J connectivity index is 1.70. The standard InChI is InChI=1S/C26H31N3O5S2/c1-17(30)27-24-28-22(23(35-24)16-19-8-13-21(14-9-19)36(5,32)33)15-10-18-6-11-20(12-7-18)34-25(31)29-26(2,3)4/h6-9,11-14H,10,15-16H2,1-5H3,(H,29,31)(H,27,28,30). The van der Waals surface area contributed by atoms with Crippen LogP contribution in [0.1, 0.15) is 49.4 Å². The van der Waals surface area contributed by atoms with Crippen LogP contribution in [0, 0.1) is 0 Å². The minimum Gasteiger partial charge on any atom is -0.410 e. The molecule has 1 aromatic heterocycles. The van der Waals surface area contributed by atoms with Crippen molar-refractivity contribution in [2.45, 2.75) is 57.4 Å². The zero-order chi connectivity index (χ0) is 26.5. The van der Waals surface area contributed by atoms with E-state index in [-0.39, 0.29) is 16.3 Å². The summed E-state index contributed by atoms with van der Waals surface area (Å²) in [4.78, 5) is 29.4. The van der Waals surface area contributed by atoms with Crippen LogP contribution in [0.25, 0.3) is 0 Å². The number of thiazole rings is 1. The molecule has 2 N–H and O–H groups in total. The van der Waals surface area contributed by atoms with Gasteiger partial charge >= 0.3 is 6.09 Å². The molecule has 0 aliphatic rings. The molecule has 1 heterocycles. The van der Waals surface area contributed by atoms with Gasteiger partial charge in [-0.1, -0.05) is 24.3 Å². The highest BCUT2D eigenvalue weighted by Crippen LogP contribution is 2.28. The summed E-state index contributed by atoms with van der Waals surface area (Å²) < 4.78 is 28.8. The number of anilines is 1. The molecule has 8 nitrogen and oxygen atoms in total. The lowest BCUT2D eigenvalue weighted by Gasteiger charge is -2.19. The van der Waals surface area contributed by atoms with Crippen LogP contribution >= 0.6 is 11.3 Å². The quantitative estimate of drug-likeness (QED) is 0.435. The molecule has 0 unspecified atom stereocenters. The molecule has 0 spiro atoms. The van der Waals surface area contributed by atoms with E-state index in [1.807, 2.05) is 32.9 Å². The second-order valence-electron chi connectivity index (χ2n) is 9.57. The average Bonchev–Trinajstić information content (AvgIpc) is 3.11. The van der Waals surface area contributed by atoms with Crippen molar-refractivity contribution in [2.75, 3.05) is 11.6 Å². The third-order valence-electron chi connectivity index (χ3n) is 5.04. The van der Waals surface area contributed by atoms with E-state index in [9.17, 15) is 18.0 Å². The Hall–Kier alpha value is -3.24. The van der Waals surface area contributed by atoms with Crippen LogP contribution in [0.5, 0.6) is 5.75 Å². The summed E-state index contributed by atoms with van der Waals surface area (Å²) in [7, 11) is -3.26. The number of nitrogens with zero attached hydrogens (tertiary/aromatic N) is 1. The predicted octanol–water partition coefficient (Wildman–Crippen LogP) is 4.77. The van der Waals surface area contributed by atoms with E-state index in [1.165, 1.54) is 24.5 Å². The smallest absolute Gasteiger partial charge is 0.410 e. The number of rotatable bonds is 8. The number of aromatic nitrogens is 1. The second-order valence-corrected chi connectivity index (χ2v) is 12.7. The van der Waals surface area contributed by atoms with E-state index in [4.69, 9.17) is 4.74 Å². The van der Waals surface area contributed by atoms with Crippen molar-refractivity contribution in [1.29, 1.82) is 0 Å². The Kier molecular flexibility index (Phi) is 8.52. The molecule has 10 heteroatoms. The Morgan fingerprint density at radius 2 is 1.58 bits per heavy atom. The molecule has 3 aromatic rings. The Morgan fingerprint density at radius 3 is 2.14 bits per heavy atom. The van der Waals surface area contributed by atoms with E-state index < -0.39 is 15.9 Å². The molecule has 0 saturated carbocycles. The minimum atomic E-state index is -3.26. The van der Waals surface area contributed by atoms with Crippen molar-refractivity contribution in [3.8, 4) is 5.75 Å². The highest BCUT2D eigenvalue weighted by molar-refractivity contribution is 7.90. The van der Waals surface area contributed by atoms with Gasteiger partial charge in [0, 0.05) is 30.0 Å². The van der Waals surface area contributed by atoms with E-state index >= 15 is 0 Å². The largest absolute Gasteiger partial charge is 0.413 e. The fraction of sp³-hybridized carbons (Fsp3) is 0.346. The molecule has 0 saturated heterocycles. The summed E-state index contributed by atoms with van der Waals surface area (Å²) in [5.74, 6) is 0.269. The minimum absolute atomic E-state index is 0.189. The summed E-state index contributed by atoms with van der Waals surface area (Å²) in [5.41, 5.74) is 2.50. The first-order chi connectivity index (χ1) is 16.8. The fourth-order valence-electron chi connectivity index (χ4n) is 3.39. The summed E-state index contributed by atoms with van der Waals surface area (Å²) in [6, 6.07) is 14.1. The summed E-state index contributed by atoms with van der Waals surface area (Å²) >= 11 is 1.42. The van der Waals surface area contributed by atoms with E-state index in [1.54, 1.807) is 36.4 Å². The zero-order valence-electron chi connectivity index (χ0n) is 21.0. The van der Waals surface area contributed by atoms with Crippen molar-refractivity contribution in [3.63, 3.8) is 0 Å². The molecule has 0 atom stereocenters. The number of carbonyl (C=O) groups is 2. The van der Waals surface area contributed by atoms with Gasteiger partial charge in [0.1, 0.15) is 5.75 Å². The molecule has 192 valence electrons. The molecular weight excluding hydrogens is 498 g/mol. The lowest BCUT2D eigenvalue weighted by atomic mass is 10.0.